The third-order valence-electron chi connectivity index (χ3n) is 2.92. The second-order valence-electron chi connectivity index (χ2n) is 4.21. The predicted molar refractivity (Wildman–Crippen MR) is 83.5 cm³/mol. The molecule has 2 heterocycles. The quantitative estimate of drug-likeness (QED) is 0.784. The fourth-order valence-electron chi connectivity index (χ4n) is 2.00. The highest BCUT2D eigenvalue weighted by Crippen LogP contribution is 2.30. The van der Waals surface area contributed by atoms with Crippen molar-refractivity contribution in [3.05, 3.63) is 53.3 Å². The molecule has 1 aromatic carbocycles. The summed E-state index contributed by atoms with van der Waals surface area (Å²) in [5, 5.41) is 3.34. The number of pyridine rings is 2. The molecule has 4 nitrogen and oxygen atoms in total. The number of fused-ring (bicyclic) bond motifs is 1. The molecule has 1 N–H and O–H groups in total. The smallest absolute Gasteiger partial charge is 0.142 e. The summed E-state index contributed by atoms with van der Waals surface area (Å²) >= 11 is 3.40. The molecule has 3 rings (SSSR count). The van der Waals surface area contributed by atoms with Crippen LogP contribution in [-0.4, -0.2) is 17.1 Å². The molecule has 0 saturated heterocycles. The van der Waals surface area contributed by atoms with E-state index < -0.39 is 0 Å². The molecule has 20 heavy (non-hydrogen) atoms. The topological polar surface area (TPSA) is 47.0 Å². The highest BCUT2D eigenvalue weighted by atomic mass is 79.9. The van der Waals surface area contributed by atoms with Crippen molar-refractivity contribution in [3.8, 4) is 5.75 Å². The summed E-state index contributed by atoms with van der Waals surface area (Å²) in [5.74, 6) is 0.787. The van der Waals surface area contributed by atoms with Crippen LogP contribution in [0.15, 0.2) is 53.3 Å². The Kier molecular flexibility index (Phi) is 3.52. The van der Waals surface area contributed by atoms with Crippen LogP contribution in [0.5, 0.6) is 5.75 Å². The van der Waals surface area contributed by atoms with Gasteiger partial charge in [-0.3, -0.25) is 9.97 Å². The number of methoxy groups -OCH3 is 1. The molecule has 0 aliphatic heterocycles. The molecular weight excluding hydrogens is 318 g/mol. The second-order valence-corrected chi connectivity index (χ2v) is 5.12. The maximum Gasteiger partial charge on any atom is 0.142 e. The standard InChI is InChI=1S/C15H12BrN3O/c1-20-14-5-3-2-4-11(14)19-12-6-7-17-13-8-10(16)9-18-15(12)13/h2-9H,1H3,(H,17,19). The number of rotatable bonds is 3. The van der Waals surface area contributed by atoms with E-state index in [0.717, 1.165) is 32.6 Å². The van der Waals surface area contributed by atoms with Crippen molar-refractivity contribution in [2.75, 3.05) is 12.4 Å². The Hall–Kier alpha value is -2.14. The van der Waals surface area contributed by atoms with Crippen molar-refractivity contribution < 1.29 is 4.74 Å². The van der Waals surface area contributed by atoms with E-state index in [4.69, 9.17) is 4.74 Å². The number of anilines is 2. The molecular formula is C15H12BrN3O. The third-order valence-corrected chi connectivity index (χ3v) is 3.35. The van der Waals surface area contributed by atoms with Crippen LogP contribution >= 0.6 is 15.9 Å². The summed E-state index contributed by atoms with van der Waals surface area (Å²) in [7, 11) is 1.65. The number of nitrogens with one attached hydrogen (secondary N) is 1. The zero-order valence-electron chi connectivity index (χ0n) is 10.8. The van der Waals surface area contributed by atoms with Gasteiger partial charge in [0.1, 0.15) is 11.3 Å². The number of para-hydroxylation sites is 2. The highest BCUT2D eigenvalue weighted by molar-refractivity contribution is 9.10. The van der Waals surface area contributed by atoms with Crippen molar-refractivity contribution in [1.82, 2.24) is 9.97 Å². The largest absolute Gasteiger partial charge is 0.495 e. The molecule has 0 aliphatic rings. The van der Waals surface area contributed by atoms with E-state index in [1.165, 1.54) is 0 Å². The van der Waals surface area contributed by atoms with Crippen LogP contribution in [0, 0.1) is 0 Å². The lowest BCUT2D eigenvalue weighted by atomic mass is 10.2. The SMILES string of the molecule is COc1ccccc1Nc1ccnc2cc(Br)cnc12. The first kappa shape index (κ1) is 12.9. The van der Waals surface area contributed by atoms with E-state index in [1.807, 2.05) is 36.4 Å². The average molecular weight is 330 g/mol. The van der Waals surface area contributed by atoms with Crippen LogP contribution in [0.3, 0.4) is 0 Å². The molecule has 0 atom stereocenters. The fraction of sp³-hybridized carbons (Fsp3) is 0.0667. The van der Waals surface area contributed by atoms with Gasteiger partial charge in [0.15, 0.2) is 0 Å². The Bertz CT molecular complexity index is 761. The van der Waals surface area contributed by atoms with Crippen molar-refractivity contribution >= 4 is 38.3 Å². The first-order valence-corrected chi connectivity index (χ1v) is 6.87. The molecule has 0 aliphatic carbocycles. The lowest BCUT2D eigenvalue weighted by Crippen LogP contribution is -1.96. The Morgan fingerprint density at radius 1 is 1.10 bits per heavy atom. The Labute approximate surface area is 125 Å². The number of hydrogen-bond donors (Lipinski definition) is 1. The van der Waals surface area contributed by atoms with Gasteiger partial charge >= 0.3 is 0 Å². The van der Waals surface area contributed by atoms with Gasteiger partial charge in [-0.15, -0.1) is 0 Å². The van der Waals surface area contributed by atoms with Gasteiger partial charge in [-0.05, 0) is 40.2 Å². The van der Waals surface area contributed by atoms with Crippen LogP contribution < -0.4 is 10.1 Å². The Morgan fingerprint density at radius 2 is 1.95 bits per heavy atom. The maximum absolute atomic E-state index is 5.34. The highest BCUT2D eigenvalue weighted by Gasteiger charge is 2.07. The summed E-state index contributed by atoms with van der Waals surface area (Å²) in [6.07, 6.45) is 3.52. The number of halogens is 1. The summed E-state index contributed by atoms with van der Waals surface area (Å²) in [6, 6.07) is 11.6. The van der Waals surface area contributed by atoms with Crippen molar-refractivity contribution in [2.45, 2.75) is 0 Å². The van der Waals surface area contributed by atoms with Crippen LogP contribution in [0.1, 0.15) is 0 Å². The van der Waals surface area contributed by atoms with Gasteiger partial charge in [0, 0.05) is 16.9 Å². The zero-order chi connectivity index (χ0) is 13.9. The molecule has 2 aromatic heterocycles. The fourth-order valence-corrected chi connectivity index (χ4v) is 2.32. The van der Waals surface area contributed by atoms with Gasteiger partial charge in [0.05, 0.1) is 24.0 Å². The first-order valence-electron chi connectivity index (χ1n) is 6.08. The summed E-state index contributed by atoms with van der Waals surface area (Å²) < 4.78 is 6.25. The number of ether oxygens (including phenoxy) is 1. The van der Waals surface area contributed by atoms with E-state index in [0.29, 0.717) is 0 Å². The minimum atomic E-state index is 0.787. The molecule has 0 fully saturated rings. The van der Waals surface area contributed by atoms with Crippen molar-refractivity contribution in [2.24, 2.45) is 0 Å². The number of nitrogens with zero attached hydrogens (tertiary/aromatic N) is 2. The predicted octanol–water partition coefficient (Wildman–Crippen LogP) is 4.14. The minimum Gasteiger partial charge on any atom is -0.495 e. The van der Waals surface area contributed by atoms with E-state index in [1.54, 1.807) is 19.5 Å². The average Bonchev–Trinajstić information content (AvgIpc) is 2.47. The van der Waals surface area contributed by atoms with E-state index in [9.17, 15) is 0 Å². The molecule has 0 radical (unpaired) electrons. The normalized spacial score (nSPS) is 10.5. The molecule has 0 amide bonds. The van der Waals surface area contributed by atoms with Gasteiger partial charge in [0.25, 0.3) is 0 Å². The summed E-state index contributed by atoms with van der Waals surface area (Å²) in [5.41, 5.74) is 3.44. The number of benzene rings is 1. The second kappa shape index (κ2) is 5.46. The van der Waals surface area contributed by atoms with Crippen molar-refractivity contribution in [1.29, 1.82) is 0 Å². The molecule has 0 saturated carbocycles. The molecule has 5 heteroatoms. The van der Waals surface area contributed by atoms with Gasteiger partial charge in [-0.25, -0.2) is 0 Å². The zero-order valence-corrected chi connectivity index (χ0v) is 12.4. The summed E-state index contributed by atoms with van der Waals surface area (Å²) in [4.78, 5) is 8.74. The van der Waals surface area contributed by atoms with Crippen LogP contribution in [-0.2, 0) is 0 Å². The van der Waals surface area contributed by atoms with Crippen LogP contribution in [0.25, 0.3) is 11.0 Å². The lowest BCUT2D eigenvalue weighted by Gasteiger charge is -2.12. The Balaban J connectivity index is 2.07. The summed E-state index contributed by atoms with van der Waals surface area (Å²) in [6.45, 7) is 0. The lowest BCUT2D eigenvalue weighted by molar-refractivity contribution is 0.417. The van der Waals surface area contributed by atoms with E-state index in [-0.39, 0.29) is 0 Å². The molecule has 0 unspecified atom stereocenters. The monoisotopic (exact) mass is 329 g/mol. The Morgan fingerprint density at radius 3 is 2.80 bits per heavy atom. The molecule has 0 spiro atoms. The number of aromatic nitrogens is 2. The van der Waals surface area contributed by atoms with Crippen molar-refractivity contribution in [3.63, 3.8) is 0 Å². The van der Waals surface area contributed by atoms with Gasteiger partial charge < -0.3 is 10.1 Å². The first-order chi connectivity index (χ1) is 9.78. The number of hydrogen-bond acceptors (Lipinski definition) is 4. The molecule has 100 valence electrons. The molecule has 3 aromatic rings. The van der Waals surface area contributed by atoms with E-state index >= 15 is 0 Å². The minimum absolute atomic E-state index is 0.787. The van der Waals surface area contributed by atoms with E-state index in [2.05, 4.69) is 31.2 Å². The van der Waals surface area contributed by atoms with Gasteiger partial charge in [-0.1, -0.05) is 12.1 Å². The molecule has 0 bridgehead atoms. The van der Waals surface area contributed by atoms with Crippen LogP contribution in [0.4, 0.5) is 11.4 Å². The van der Waals surface area contributed by atoms with Gasteiger partial charge in [0.2, 0.25) is 0 Å². The van der Waals surface area contributed by atoms with Gasteiger partial charge in [-0.2, -0.15) is 0 Å². The maximum atomic E-state index is 5.34. The van der Waals surface area contributed by atoms with Crippen LogP contribution in [0.2, 0.25) is 0 Å². The third kappa shape index (κ3) is 2.44.